The molecule has 0 radical (unpaired) electrons. The summed E-state index contributed by atoms with van der Waals surface area (Å²) in [6, 6.07) is 4.71. The number of likely N-dealkylation sites (N-methyl/N-ethyl adjacent to an activating group) is 1. The molecule has 4 heteroatoms. The molecule has 0 saturated carbocycles. The minimum absolute atomic E-state index is 0.393. The standard InChI is InChI=1S/C14H25N3S/c1-16-7-5-12(6-8-16)11-17(2)13(10-15)14-4-3-9-18-14/h3-4,9,12-13H,5-8,10-11,15H2,1-2H3. The summed E-state index contributed by atoms with van der Waals surface area (Å²) in [6.07, 6.45) is 2.64. The number of hydrogen-bond acceptors (Lipinski definition) is 4. The van der Waals surface area contributed by atoms with Gasteiger partial charge in [-0.3, -0.25) is 4.90 Å². The van der Waals surface area contributed by atoms with E-state index in [2.05, 4.69) is 41.4 Å². The largest absolute Gasteiger partial charge is 0.329 e. The molecule has 1 aliphatic rings. The Hall–Kier alpha value is -0.420. The highest BCUT2D eigenvalue weighted by molar-refractivity contribution is 7.10. The average Bonchev–Trinajstić information content (AvgIpc) is 2.87. The van der Waals surface area contributed by atoms with E-state index in [0.29, 0.717) is 12.6 Å². The molecule has 102 valence electrons. The van der Waals surface area contributed by atoms with E-state index in [1.165, 1.54) is 37.4 Å². The molecule has 1 aliphatic heterocycles. The third kappa shape index (κ3) is 3.54. The fraction of sp³-hybridized carbons (Fsp3) is 0.714. The lowest BCUT2D eigenvalue weighted by Gasteiger charge is -2.34. The Labute approximate surface area is 115 Å². The van der Waals surface area contributed by atoms with Crippen LogP contribution in [0.25, 0.3) is 0 Å². The molecule has 0 amide bonds. The molecule has 0 spiro atoms. The summed E-state index contributed by atoms with van der Waals surface area (Å²) in [5.41, 5.74) is 5.95. The number of rotatable bonds is 5. The van der Waals surface area contributed by atoms with Gasteiger partial charge in [-0.05, 0) is 57.4 Å². The van der Waals surface area contributed by atoms with Crippen LogP contribution in [0, 0.1) is 5.92 Å². The number of nitrogens with two attached hydrogens (primary N) is 1. The van der Waals surface area contributed by atoms with Crippen LogP contribution >= 0.6 is 11.3 Å². The Bertz CT molecular complexity index is 331. The topological polar surface area (TPSA) is 32.5 Å². The zero-order chi connectivity index (χ0) is 13.0. The van der Waals surface area contributed by atoms with Gasteiger partial charge in [-0.25, -0.2) is 0 Å². The van der Waals surface area contributed by atoms with Crippen molar-refractivity contribution in [3.63, 3.8) is 0 Å². The highest BCUT2D eigenvalue weighted by atomic mass is 32.1. The van der Waals surface area contributed by atoms with Crippen LogP contribution in [0.4, 0.5) is 0 Å². The van der Waals surface area contributed by atoms with Crippen molar-refractivity contribution in [3.05, 3.63) is 22.4 Å². The van der Waals surface area contributed by atoms with E-state index in [9.17, 15) is 0 Å². The average molecular weight is 267 g/mol. The minimum atomic E-state index is 0.393. The maximum absolute atomic E-state index is 5.95. The monoisotopic (exact) mass is 267 g/mol. The SMILES string of the molecule is CN1CCC(CN(C)C(CN)c2cccs2)CC1. The van der Waals surface area contributed by atoms with E-state index >= 15 is 0 Å². The molecule has 2 rings (SSSR count). The van der Waals surface area contributed by atoms with Gasteiger partial charge in [-0.1, -0.05) is 6.07 Å². The van der Waals surface area contributed by atoms with Crippen molar-refractivity contribution < 1.29 is 0 Å². The lowest BCUT2D eigenvalue weighted by molar-refractivity contribution is 0.153. The fourth-order valence-electron chi connectivity index (χ4n) is 2.77. The van der Waals surface area contributed by atoms with Gasteiger partial charge in [-0.2, -0.15) is 0 Å². The number of hydrogen-bond donors (Lipinski definition) is 1. The van der Waals surface area contributed by atoms with Crippen LogP contribution in [-0.4, -0.2) is 50.1 Å². The summed E-state index contributed by atoms with van der Waals surface area (Å²) in [5, 5.41) is 2.14. The number of piperidine rings is 1. The van der Waals surface area contributed by atoms with E-state index in [1.807, 2.05) is 11.3 Å². The predicted molar refractivity (Wildman–Crippen MR) is 79.0 cm³/mol. The summed E-state index contributed by atoms with van der Waals surface area (Å²) in [6.45, 7) is 4.37. The molecule has 3 nitrogen and oxygen atoms in total. The lowest BCUT2D eigenvalue weighted by atomic mass is 9.96. The Morgan fingerprint density at radius 3 is 2.78 bits per heavy atom. The van der Waals surface area contributed by atoms with Gasteiger partial charge in [0.05, 0.1) is 6.04 Å². The first-order valence-corrected chi connectivity index (χ1v) is 7.71. The van der Waals surface area contributed by atoms with Crippen molar-refractivity contribution in [1.82, 2.24) is 9.80 Å². The van der Waals surface area contributed by atoms with Crippen molar-refractivity contribution in [3.8, 4) is 0 Å². The van der Waals surface area contributed by atoms with Crippen molar-refractivity contribution >= 4 is 11.3 Å². The molecule has 1 aromatic rings. The van der Waals surface area contributed by atoms with Gasteiger partial charge in [-0.15, -0.1) is 11.3 Å². The second-order valence-corrected chi connectivity index (χ2v) is 6.43. The molecule has 1 saturated heterocycles. The summed E-state index contributed by atoms with van der Waals surface area (Å²) >= 11 is 1.82. The molecule has 1 fully saturated rings. The Morgan fingerprint density at radius 1 is 1.50 bits per heavy atom. The molecule has 1 atom stereocenters. The Morgan fingerprint density at radius 2 is 2.22 bits per heavy atom. The van der Waals surface area contributed by atoms with E-state index in [1.54, 1.807) is 0 Å². The van der Waals surface area contributed by atoms with Gasteiger partial charge in [0.2, 0.25) is 0 Å². The summed E-state index contributed by atoms with van der Waals surface area (Å²) in [4.78, 5) is 6.27. The van der Waals surface area contributed by atoms with Gasteiger partial charge in [0.1, 0.15) is 0 Å². The van der Waals surface area contributed by atoms with Gasteiger partial charge in [0.15, 0.2) is 0 Å². The molecule has 1 unspecified atom stereocenters. The first-order valence-electron chi connectivity index (χ1n) is 6.83. The number of nitrogens with zero attached hydrogens (tertiary/aromatic N) is 2. The van der Waals surface area contributed by atoms with E-state index < -0.39 is 0 Å². The zero-order valence-corrected chi connectivity index (χ0v) is 12.3. The van der Waals surface area contributed by atoms with Crippen molar-refractivity contribution in [2.75, 3.05) is 40.3 Å². The van der Waals surface area contributed by atoms with Crippen LogP contribution in [0.15, 0.2) is 17.5 Å². The summed E-state index contributed by atoms with van der Waals surface area (Å²) in [7, 11) is 4.43. The van der Waals surface area contributed by atoms with Crippen LogP contribution in [0.3, 0.4) is 0 Å². The molecule has 0 aromatic carbocycles. The summed E-state index contributed by atoms with van der Waals surface area (Å²) < 4.78 is 0. The Kier molecular flexibility index (Phi) is 5.18. The van der Waals surface area contributed by atoms with Crippen molar-refractivity contribution in [2.45, 2.75) is 18.9 Å². The Balaban J connectivity index is 1.88. The van der Waals surface area contributed by atoms with Crippen LogP contribution in [-0.2, 0) is 0 Å². The second-order valence-electron chi connectivity index (χ2n) is 5.45. The molecule has 0 bridgehead atoms. The van der Waals surface area contributed by atoms with Gasteiger partial charge in [0, 0.05) is 18.0 Å². The fourth-order valence-corrected chi connectivity index (χ4v) is 3.68. The van der Waals surface area contributed by atoms with Crippen LogP contribution in [0.2, 0.25) is 0 Å². The van der Waals surface area contributed by atoms with Crippen LogP contribution in [0.5, 0.6) is 0 Å². The van der Waals surface area contributed by atoms with Gasteiger partial charge in [0.25, 0.3) is 0 Å². The van der Waals surface area contributed by atoms with E-state index in [-0.39, 0.29) is 0 Å². The molecule has 1 aromatic heterocycles. The quantitative estimate of drug-likeness (QED) is 0.886. The highest BCUT2D eigenvalue weighted by Gasteiger charge is 2.22. The van der Waals surface area contributed by atoms with E-state index in [0.717, 1.165) is 5.92 Å². The minimum Gasteiger partial charge on any atom is -0.329 e. The maximum Gasteiger partial charge on any atom is 0.0561 e. The molecule has 2 heterocycles. The molecular formula is C14H25N3S. The first-order chi connectivity index (χ1) is 8.70. The van der Waals surface area contributed by atoms with Crippen LogP contribution < -0.4 is 5.73 Å². The normalized spacial score (nSPS) is 20.4. The van der Waals surface area contributed by atoms with Crippen molar-refractivity contribution in [2.24, 2.45) is 11.7 Å². The van der Waals surface area contributed by atoms with Gasteiger partial charge < -0.3 is 10.6 Å². The van der Waals surface area contributed by atoms with E-state index in [4.69, 9.17) is 5.73 Å². The smallest absolute Gasteiger partial charge is 0.0561 e. The first kappa shape index (κ1) is 14.0. The third-order valence-electron chi connectivity index (χ3n) is 4.01. The van der Waals surface area contributed by atoms with Crippen molar-refractivity contribution in [1.29, 1.82) is 0 Å². The molecule has 2 N–H and O–H groups in total. The molecule has 18 heavy (non-hydrogen) atoms. The maximum atomic E-state index is 5.95. The number of likely N-dealkylation sites (tertiary alicyclic amines) is 1. The summed E-state index contributed by atoms with van der Waals surface area (Å²) in [5.74, 6) is 0.834. The molecule has 0 aliphatic carbocycles. The number of thiophene rings is 1. The van der Waals surface area contributed by atoms with Crippen LogP contribution in [0.1, 0.15) is 23.8 Å². The zero-order valence-electron chi connectivity index (χ0n) is 11.5. The van der Waals surface area contributed by atoms with Gasteiger partial charge >= 0.3 is 0 Å². The highest BCUT2D eigenvalue weighted by Crippen LogP contribution is 2.25. The second kappa shape index (κ2) is 6.66. The predicted octanol–water partition coefficient (Wildman–Crippen LogP) is 2.02. The lowest BCUT2D eigenvalue weighted by Crippen LogP contribution is -2.38. The third-order valence-corrected chi connectivity index (χ3v) is 4.98. The molecular weight excluding hydrogens is 242 g/mol.